The van der Waals surface area contributed by atoms with E-state index in [0.717, 1.165) is 6.07 Å². The maximum atomic E-state index is 14.1. The van der Waals surface area contributed by atoms with Gasteiger partial charge in [-0.15, -0.1) is 0 Å². The number of aliphatic imine (C=N–C) groups is 1. The first-order valence-corrected chi connectivity index (χ1v) is 6.22. The Bertz CT molecular complexity index is 603. The van der Waals surface area contributed by atoms with Gasteiger partial charge in [-0.2, -0.15) is 0 Å². The number of carbonyl (C=O) groups is 1. The van der Waals surface area contributed by atoms with Gasteiger partial charge < -0.3 is 20.1 Å². The molecule has 0 spiro atoms. The number of carbonyl (C=O) groups excluding carboxylic acids is 1. The number of halogens is 1. The maximum Gasteiger partial charge on any atom is 0.337 e. The molecule has 20 heavy (non-hydrogen) atoms. The van der Waals surface area contributed by atoms with Crippen LogP contribution in [0.2, 0.25) is 0 Å². The van der Waals surface area contributed by atoms with E-state index in [1.54, 1.807) is 6.07 Å². The van der Waals surface area contributed by atoms with Gasteiger partial charge in [0, 0.05) is 12.1 Å². The molecule has 0 aromatic heterocycles. The molecule has 2 aliphatic rings. The molecule has 3 rings (SSSR count). The quantitative estimate of drug-likeness (QED) is 0.774. The number of esters is 1. The molecule has 7 heteroatoms. The van der Waals surface area contributed by atoms with Gasteiger partial charge in [0.2, 0.25) is 0 Å². The maximum absolute atomic E-state index is 14.1. The first-order valence-electron chi connectivity index (χ1n) is 6.22. The van der Waals surface area contributed by atoms with E-state index in [1.165, 1.54) is 7.11 Å². The molecule has 0 bridgehead atoms. The van der Waals surface area contributed by atoms with Crippen LogP contribution >= 0.6 is 0 Å². The van der Waals surface area contributed by atoms with Gasteiger partial charge in [-0.1, -0.05) is 0 Å². The van der Waals surface area contributed by atoms with Gasteiger partial charge in [-0.05, 0) is 12.1 Å². The van der Waals surface area contributed by atoms with E-state index < -0.39 is 11.8 Å². The summed E-state index contributed by atoms with van der Waals surface area (Å²) in [5.74, 6) is -0.899. The average Bonchev–Trinajstić information content (AvgIpc) is 2.47. The number of rotatable bonds is 1. The van der Waals surface area contributed by atoms with E-state index in [4.69, 9.17) is 10.5 Å². The lowest BCUT2D eigenvalue weighted by atomic mass is 9.98. The molecule has 1 aromatic carbocycles. The summed E-state index contributed by atoms with van der Waals surface area (Å²) >= 11 is 0. The Balaban J connectivity index is 2.13. The molecule has 0 unspecified atom stereocenters. The Morgan fingerprint density at radius 3 is 3.15 bits per heavy atom. The van der Waals surface area contributed by atoms with E-state index in [-0.39, 0.29) is 23.3 Å². The van der Waals surface area contributed by atoms with Crippen molar-refractivity contribution >= 4 is 17.6 Å². The molecule has 2 N–H and O–H groups in total. The third-order valence-electron chi connectivity index (χ3n) is 3.52. The Labute approximate surface area is 115 Å². The second-order valence-electron chi connectivity index (χ2n) is 4.64. The Kier molecular flexibility index (Phi) is 3.06. The van der Waals surface area contributed by atoms with Crippen LogP contribution in [0.25, 0.3) is 0 Å². The number of hydrogen-bond donors (Lipinski definition) is 1. The minimum atomic E-state index is -0.587. The van der Waals surface area contributed by atoms with Gasteiger partial charge in [0.05, 0.1) is 31.9 Å². The first-order chi connectivity index (χ1) is 9.61. The third kappa shape index (κ3) is 1.90. The molecule has 1 fully saturated rings. The normalized spacial score (nSPS) is 20.8. The van der Waals surface area contributed by atoms with Crippen LogP contribution in [0.1, 0.15) is 22.0 Å². The van der Waals surface area contributed by atoms with Crippen LogP contribution in [0, 0.1) is 5.82 Å². The number of guanidine groups is 1. The number of benzene rings is 1. The van der Waals surface area contributed by atoms with E-state index >= 15 is 0 Å². The molecule has 1 saturated heterocycles. The number of ether oxygens (including phenoxy) is 2. The van der Waals surface area contributed by atoms with Crippen molar-refractivity contribution in [3.05, 3.63) is 29.1 Å². The van der Waals surface area contributed by atoms with Crippen LogP contribution in [-0.2, 0) is 9.47 Å². The Morgan fingerprint density at radius 1 is 1.60 bits per heavy atom. The van der Waals surface area contributed by atoms with Gasteiger partial charge in [-0.25, -0.2) is 14.2 Å². The lowest BCUT2D eigenvalue weighted by molar-refractivity contribution is 0.0239. The summed E-state index contributed by atoms with van der Waals surface area (Å²) in [4.78, 5) is 17.5. The van der Waals surface area contributed by atoms with Crippen molar-refractivity contribution in [2.24, 2.45) is 10.7 Å². The molecule has 0 amide bonds. The summed E-state index contributed by atoms with van der Waals surface area (Å²) in [6, 6.07) is 2.48. The number of methoxy groups -OCH3 is 1. The van der Waals surface area contributed by atoms with Crippen LogP contribution in [0.4, 0.5) is 10.1 Å². The third-order valence-corrected chi connectivity index (χ3v) is 3.52. The molecule has 1 aromatic rings. The van der Waals surface area contributed by atoms with Gasteiger partial charge in [0.1, 0.15) is 11.5 Å². The fraction of sp³-hybridized carbons (Fsp3) is 0.385. The first kappa shape index (κ1) is 12.9. The monoisotopic (exact) mass is 279 g/mol. The number of nitrogens with two attached hydrogens (primary N) is 1. The van der Waals surface area contributed by atoms with E-state index in [2.05, 4.69) is 9.73 Å². The zero-order chi connectivity index (χ0) is 14.3. The number of nitrogens with zero attached hydrogens (tertiary/aromatic N) is 2. The van der Waals surface area contributed by atoms with Crippen molar-refractivity contribution < 1.29 is 18.7 Å². The fourth-order valence-electron chi connectivity index (χ4n) is 2.54. The number of hydrogen-bond acceptors (Lipinski definition) is 6. The SMILES string of the molecule is COC(=O)c1cc(F)c2c(c1)[C@H]1COCCN1C(N)=N2. The largest absolute Gasteiger partial charge is 0.465 e. The topological polar surface area (TPSA) is 77.2 Å². The van der Waals surface area contributed by atoms with Crippen molar-refractivity contribution in [3.63, 3.8) is 0 Å². The lowest BCUT2D eigenvalue weighted by Crippen LogP contribution is -2.48. The highest BCUT2D eigenvalue weighted by atomic mass is 19.1. The molecule has 2 aliphatic heterocycles. The van der Waals surface area contributed by atoms with Gasteiger partial charge in [-0.3, -0.25) is 0 Å². The van der Waals surface area contributed by atoms with Crippen molar-refractivity contribution in [2.45, 2.75) is 6.04 Å². The van der Waals surface area contributed by atoms with Crippen molar-refractivity contribution in [1.29, 1.82) is 0 Å². The van der Waals surface area contributed by atoms with E-state index in [9.17, 15) is 9.18 Å². The minimum Gasteiger partial charge on any atom is -0.465 e. The molecule has 106 valence electrons. The summed E-state index contributed by atoms with van der Waals surface area (Å²) < 4.78 is 24.2. The molecule has 0 aliphatic carbocycles. The predicted octanol–water partition coefficient (Wildman–Crippen LogP) is 0.945. The lowest BCUT2D eigenvalue weighted by Gasteiger charge is -2.39. The Morgan fingerprint density at radius 2 is 2.40 bits per heavy atom. The van der Waals surface area contributed by atoms with Crippen molar-refractivity contribution in [2.75, 3.05) is 26.9 Å². The fourth-order valence-corrected chi connectivity index (χ4v) is 2.54. The van der Waals surface area contributed by atoms with Gasteiger partial charge in [0.25, 0.3) is 0 Å². The predicted molar refractivity (Wildman–Crippen MR) is 69.3 cm³/mol. The second kappa shape index (κ2) is 4.75. The molecule has 2 heterocycles. The highest BCUT2D eigenvalue weighted by Crippen LogP contribution is 2.38. The van der Waals surface area contributed by atoms with Crippen molar-refractivity contribution in [3.8, 4) is 0 Å². The average molecular weight is 279 g/mol. The van der Waals surface area contributed by atoms with E-state index in [1.807, 2.05) is 4.90 Å². The molecule has 1 atom stereocenters. The summed E-state index contributed by atoms with van der Waals surface area (Å²) in [5, 5.41) is 0. The zero-order valence-corrected chi connectivity index (χ0v) is 10.9. The molecule has 6 nitrogen and oxygen atoms in total. The summed E-state index contributed by atoms with van der Waals surface area (Å²) in [6.45, 7) is 1.51. The Hall–Kier alpha value is -2.15. The summed E-state index contributed by atoms with van der Waals surface area (Å²) in [6.07, 6.45) is 0. The minimum absolute atomic E-state index is 0.157. The molecular weight excluding hydrogens is 265 g/mol. The zero-order valence-electron chi connectivity index (χ0n) is 10.9. The molecular formula is C13H14FN3O3. The van der Waals surface area contributed by atoms with Crippen molar-refractivity contribution in [1.82, 2.24) is 4.90 Å². The summed E-state index contributed by atoms with van der Waals surface area (Å²) in [7, 11) is 1.26. The standard InChI is InChI=1S/C13H14FN3O3/c1-19-12(18)7-4-8-10-6-20-3-2-17(10)13(15)16-11(8)9(14)5-7/h4-5,10H,2-3,6H2,1H3,(H2,15,16)/t10-/m1/s1. The van der Waals surface area contributed by atoms with Gasteiger partial charge in [0.15, 0.2) is 5.96 Å². The summed E-state index contributed by atoms with van der Waals surface area (Å²) in [5.41, 5.74) is 6.78. The highest BCUT2D eigenvalue weighted by molar-refractivity contribution is 5.91. The smallest absolute Gasteiger partial charge is 0.337 e. The highest BCUT2D eigenvalue weighted by Gasteiger charge is 2.33. The van der Waals surface area contributed by atoms with Crippen LogP contribution in [0.15, 0.2) is 17.1 Å². The second-order valence-corrected chi connectivity index (χ2v) is 4.64. The number of fused-ring (bicyclic) bond motifs is 3. The molecule has 0 radical (unpaired) electrons. The van der Waals surface area contributed by atoms with Gasteiger partial charge >= 0.3 is 5.97 Å². The van der Waals surface area contributed by atoms with Crippen LogP contribution in [0.5, 0.6) is 0 Å². The number of morpholine rings is 1. The molecule has 0 saturated carbocycles. The van der Waals surface area contributed by atoms with Crippen LogP contribution in [0.3, 0.4) is 0 Å². The van der Waals surface area contributed by atoms with E-state index in [0.29, 0.717) is 25.3 Å². The van der Waals surface area contributed by atoms with Crippen LogP contribution in [-0.4, -0.2) is 43.7 Å². The van der Waals surface area contributed by atoms with Crippen LogP contribution < -0.4 is 5.73 Å².